The van der Waals surface area contributed by atoms with Crippen molar-refractivity contribution >= 4 is 23.5 Å². The van der Waals surface area contributed by atoms with E-state index in [4.69, 9.17) is 20.8 Å². The highest BCUT2D eigenvalue weighted by Gasteiger charge is 2.40. The summed E-state index contributed by atoms with van der Waals surface area (Å²) in [6.45, 7) is 1.08. The van der Waals surface area contributed by atoms with Gasteiger partial charge in [0.15, 0.2) is 0 Å². The Balaban J connectivity index is 1.16. The number of ether oxygens (including phenoxy) is 2. The first-order chi connectivity index (χ1) is 15.2. The Hall–Kier alpha value is -2.37. The third-order valence-corrected chi connectivity index (χ3v) is 5.69. The number of benzene rings is 1. The third-order valence-electron chi connectivity index (χ3n) is 5.44. The van der Waals surface area contributed by atoms with Crippen LogP contribution in [-0.4, -0.2) is 60.4 Å². The van der Waals surface area contributed by atoms with Gasteiger partial charge < -0.3 is 19.4 Å². The number of halogens is 4. The maximum absolute atomic E-state index is 12.1. The third kappa shape index (κ3) is 6.11. The van der Waals surface area contributed by atoms with Gasteiger partial charge in [-0.3, -0.25) is 9.53 Å². The molecule has 1 saturated heterocycles. The molecule has 0 atom stereocenters. The number of hydrogen-bond donors (Lipinski definition) is 1. The fourth-order valence-corrected chi connectivity index (χ4v) is 3.80. The van der Waals surface area contributed by atoms with Crippen LogP contribution >= 0.6 is 11.6 Å². The van der Waals surface area contributed by atoms with E-state index in [-0.39, 0.29) is 37.5 Å². The van der Waals surface area contributed by atoms with Crippen LogP contribution in [-0.2, 0) is 14.3 Å². The smallest absolute Gasteiger partial charge is 0.403 e. The van der Waals surface area contributed by atoms with Crippen LogP contribution in [0.4, 0.5) is 19.2 Å². The lowest BCUT2D eigenvalue weighted by molar-refractivity contribution is -0.357. The first-order valence-corrected chi connectivity index (χ1v) is 10.6. The molecule has 2 fully saturated rings. The Morgan fingerprint density at radius 2 is 1.84 bits per heavy atom. The van der Waals surface area contributed by atoms with Crippen molar-refractivity contribution in [2.75, 3.05) is 24.6 Å². The van der Waals surface area contributed by atoms with Crippen molar-refractivity contribution in [2.24, 2.45) is 0 Å². The minimum atomic E-state index is -4.64. The summed E-state index contributed by atoms with van der Waals surface area (Å²) < 4.78 is 51.3. The van der Waals surface area contributed by atoms with E-state index in [2.05, 4.69) is 20.3 Å². The van der Waals surface area contributed by atoms with Crippen molar-refractivity contribution in [3.05, 3.63) is 29.3 Å². The number of piperidine rings is 1. The molecule has 1 N–H and O–H groups in total. The molecular formula is C20H22ClF3N4O4. The highest BCUT2D eigenvalue weighted by molar-refractivity contribution is 6.30. The van der Waals surface area contributed by atoms with Crippen LogP contribution in [0.15, 0.2) is 28.7 Å². The number of anilines is 1. The molecule has 0 radical (unpaired) electrons. The molecule has 1 amide bonds. The number of rotatable bonds is 7. The number of amides is 1. The molecular weight excluding hydrogens is 453 g/mol. The molecule has 0 spiro atoms. The van der Waals surface area contributed by atoms with E-state index in [9.17, 15) is 18.0 Å². The van der Waals surface area contributed by atoms with Crippen molar-refractivity contribution in [3.63, 3.8) is 0 Å². The molecule has 4 rings (SSSR count). The zero-order chi connectivity index (χ0) is 22.7. The molecule has 12 heteroatoms. The Morgan fingerprint density at radius 1 is 1.16 bits per heavy atom. The van der Waals surface area contributed by atoms with Crippen LogP contribution in [0.5, 0.6) is 0 Å². The van der Waals surface area contributed by atoms with Gasteiger partial charge in [0.05, 0.1) is 12.2 Å². The molecule has 0 bridgehead atoms. The van der Waals surface area contributed by atoms with Gasteiger partial charge in [0.2, 0.25) is 11.8 Å². The van der Waals surface area contributed by atoms with Gasteiger partial charge in [-0.2, -0.15) is 0 Å². The van der Waals surface area contributed by atoms with E-state index in [1.54, 1.807) is 24.3 Å². The summed E-state index contributed by atoms with van der Waals surface area (Å²) in [5.41, 5.74) is 0.776. The van der Waals surface area contributed by atoms with Crippen molar-refractivity contribution in [2.45, 2.75) is 50.3 Å². The van der Waals surface area contributed by atoms with Gasteiger partial charge in [-0.15, -0.1) is 18.3 Å². The highest BCUT2D eigenvalue weighted by Crippen LogP contribution is 2.32. The van der Waals surface area contributed by atoms with E-state index >= 15 is 0 Å². The number of carbonyl (C=O) groups excluding carboxylic acids is 1. The van der Waals surface area contributed by atoms with Gasteiger partial charge >= 0.3 is 12.4 Å². The summed E-state index contributed by atoms with van der Waals surface area (Å²) in [5.74, 6) is 0.120. The van der Waals surface area contributed by atoms with E-state index in [0.717, 1.165) is 5.56 Å². The Kier molecular flexibility index (Phi) is 6.87. The van der Waals surface area contributed by atoms with Gasteiger partial charge in [-0.1, -0.05) is 16.7 Å². The maximum Gasteiger partial charge on any atom is 0.522 e. The molecule has 1 aliphatic heterocycles. The zero-order valence-corrected chi connectivity index (χ0v) is 17.7. The molecule has 2 aromatic rings. The van der Waals surface area contributed by atoms with Crippen molar-refractivity contribution in [3.8, 4) is 11.5 Å². The average molecular weight is 475 g/mol. The number of hydrogen-bond acceptors (Lipinski definition) is 7. The molecule has 2 heterocycles. The molecule has 1 saturated carbocycles. The Morgan fingerprint density at radius 3 is 2.50 bits per heavy atom. The van der Waals surface area contributed by atoms with E-state index in [0.29, 0.717) is 42.9 Å². The second kappa shape index (κ2) is 9.63. The average Bonchev–Trinajstić information content (AvgIpc) is 3.20. The van der Waals surface area contributed by atoms with Gasteiger partial charge in [-0.25, -0.2) is 0 Å². The SMILES string of the molecule is O=C(COC1CC(OC(F)(F)F)C1)NC1CCN(c2nnc(-c3ccc(Cl)cc3)o2)CC1. The molecule has 1 aliphatic carbocycles. The lowest BCUT2D eigenvalue weighted by Crippen LogP contribution is -2.47. The minimum absolute atomic E-state index is 0.0243. The van der Waals surface area contributed by atoms with Gasteiger partial charge in [-0.05, 0) is 37.1 Å². The van der Waals surface area contributed by atoms with Crippen LogP contribution in [0.2, 0.25) is 5.02 Å². The quantitative estimate of drug-likeness (QED) is 0.656. The van der Waals surface area contributed by atoms with E-state index in [1.807, 2.05) is 4.90 Å². The zero-order valence-electron chi connectivity index (χ0n) is 17.0. The van der Waals surface area contributed by atoms with Crippen molar-refractivity contribution in [1.29, 1.82) is 0 Å². The van der Waals surface area contributed by atoms with Crippen molar-refractivity contribution < 1.29 is 31.9 Å². The lowest BCUT2D eigenvalue weighted by atomic mass is 9.92. The Labute approximate surface area is 187 Å². The first-order valence-electron chi connectivity index (χ1n) is 10.2. The summed E-state index contributed by atoms with van der Waals surface area (Å²) in [5, 5.41) is 11.7. The largest absolute Gasteiger partial charge is 0.522 e. The molecule has 174 valence electrons. The fraction of sp³-hybridized carbons (Fsp3) is 0.550. The van der Waals surface area contributed by atoms with Crippen LogP contribution in [0, 0.1) is 0 Å². The minimum Gasteiger partial charge on any atom is -0.403 e. The lowest BCUT2D eigenvalue weighted by Gasteiger charge is -2.35. The summed E-state index contributed by atoms with van der Waals surface area (Å²) >= 11 is 5.89. The second-order valence-corrected chi connectivity index (χ2v) is 8.25. The van der Waals surface area contributed by atoms with Gasteiger partial charge in [0.25, 0.3) is 0 Å². The number of nitrogens with zero attached hydrogens (tertiary/aromatic N) is 3. The summed E-state index contributed by atoms with van der Waals surface area (Å²) in [7, 11) is 0. The monoisotopic (exact) mass is 474 g/mol. The van der Waals surface area contributed by atoms with E-state index < -0.39 is 12.5 Å². The van der Waals surface area contributed by atoms with Crippen LogP contribution in [0.25, 0.3) is 11.5 Å². The van der Waals surface area contributed by atoms with Gasteiger partial charge in [0.1, 0.15) is 6.61 Å². The molecule has 1 aromatic carbocycles. The number of nitrogens with one attached hydrogen (secondary N) is 1. The normalized spacial score (nSPS) is 21.9. The number of alkyl halides is 3. The topological polar surface area (TPSA) is 89.7 Å². The standard InChI is InChI=1S/C20H22ClF3N4O4/c21-13-3-1-12(2-4-13)18-26-27-19(31-18)28-7-5-14(6-8-28)25-17(29)11-30-15-9-16(10-15)32-20(22,23)24/h1-4,14-16H,5-11H2,(H,25,29). The summed E-state index contributed by atoms with van der Waals surface area (Å²) in [6.07, 6.45) is -4.27. The maximum atomic E-state index is 12.1. The predicted octanol–water partition coefficient (Wildman–Crippen LogP) is 3.56. The van der Waals surface area contributed by atoms with Gasteiger partial charge in [0, 0.05) is 42.6 Å². The second-order valence-electron chi connectivity index (χ2n) is 7.82. The summed E-state index contributed by atoms with van der Waals surface area (Å²) in [4.78, 5) is 14.0. The Bertz CT molecular complexity index is 910. The van der Waals surface area contributed by atoms with Crippen LogP contribution < -0.4 is 10.2 Å². The predicted molar refractivity (Wildman–Crippen MR) is 108 cm³/mol. The first kappa shape index (κ1) is 22.8. The molecule has 0 unspecified atom stereocenters. The van der Waals surface area contributed by atoms with Crippen molar-refractivity contribution in [1.82, 2.24) is 15.5 Å². The molecule has 8 nitrogen and oxygen atoms in total. The number of carbonyl (C=O) groups is 1. The molecule has 1 aromatic heterocycles. The van der Waals surface area contributed by atoms with Crippen LogP contribution in [0.1, 0.15) is 25.7 Å². The highest BCUT2D eigenvalue weighted by atomic mass is 35.5. The number of aromatic nitrogens is 2. The van der Waals surface area contributed by atoms with Crippen LogP contribution in [0.3, 0.4) is 0 Å². The molecule has 32 heavy (non-hydrogen) atoms. The summed E-state index contributed by atoms with van der Waals surface area (Å²) in [6, 6.07) is 7.50. The molecule has 2 aliphatic rings. The van der Waals surface area contributed by atoms with E-state index in [1.165, 1.54) is 0 Å². The fourth-order valence-electron chi connectivity index (χ4n) is 3.67.